The van der Waals surface area contributed by atoms with Crippen molar-refractivity contribution < 1.29 is 0 Å². The van der Waals surface area contributed by atoms with Crippen molar-refractivity contribution in [1.82, 2.24) is 4.30 Å². The molecule has 0 spiro atoms. The molecular weight excluding hydrogens is 77.0 g/mol. The summed E-state index contributed by atoms with van der Waals surface area (Å²) in [6.45, 7) is 0. The molecule has 0 saturated heterocycles. The van der Waals surface area contributed by atoms with Crippen molar-refractivity contribution in [2.75, 3.05) is 7.05 Å². The van der Waals surface area contributed by atoms with Crippen molar-refractivity contribution in [3.8, 4) is 0 Å². The molecule has 0 aliphatic heterocycles. The Hall–Kier alpha value is 0.492. The van der Waals surface area contributed by atoms with E-state index in [1.807, 2.05) is 7.05 Å². The van der Waals surface area contributed by atoms with E-state index in [-0.39, 0.29) is 0 Å². The van der Waals surface area contributed by atoms with Crippen LogP contribution in [0.3, 0.4) is 0 Å². The molecule has 0 fully saturated rings. The van der Waals surface area contributed by atoms with Crippen molar-refractivity contribution in [2.24, 2.45) is 0 Å². The Morgan fingerprint density at radius 1 is 1.40 bits per heavy atom. The molecule has 5 heavy (non-hydrogen) atoms. The molecule has 0 aliphatic carbocycles. The van der Waals surface area contributed by atoms with Gasteiger partial charge in [0, 0.05) is 0 Å². The minimum atomic E-state index is -0.400. The highest BCUT2D eigenvalue weighted by Gasteiger charge is 1.92. The third kappa shape index (κ3) is 4.49. The van der Waals surface area contributed by atoms with E-state index >= 15 is 0 Å². The molecule has 0 aliphatic rings. The molecule has 0 amide bonds. The standard InChI is InChI=1S/CH4N.2CH3.Al/c1-2;;;/h2H,1H3;2*1H3;/q-1;;;+1. The highest BCUT2D eigenvalue weighted by atomic mass is 27.2. The van der Waals surface area contributed by atoms with Crippen LogP contribution in [0.2, 0.25) is 11.6 Å². The van der Waals surface area contributed by atoms with Gasteiger partial charge in [0.15, 0.2) is 0 Å². The third-order valence-electron chi connectivity index (χ3n) is 0.577. The van der Waals surface area contributed by atoms with Crippen LogP contribution < -0.4 is 4.30 Å². The molecule has 0 aromatic heterocycles. The first-order valence-electron chi connectivity index (χ1n) is 1.94. The van der Waals surface area contributed by atoms with Crippen molar-refractivity contribution in [3.63, 3.8) is 0 Å². The molecule has 0 radical (unpaired) electrons. The summed E-state index contributed by atoms with van der Waals surface area (Å²) < 4.78 is 3.17. The van der Waals surface area contributed by atoms with Gasteiger partial charge in [-0.2, -0.15) is 0 Å². The van der Waals surface area contributed by atoms with Gasteiger partial charge in [-0.3, -0.25) is 0 Å². The van der Waals surface area contributed by atoms with Gasteiger partial charge in [0.1, 0.15) is 0 Å². The fourth-order valence-corrected chi connectivity index (χ4v) is 0. The summed E-state index contributed by atoms with van der Waals surface area (Å²) in [6, 6.07) is 0. The number of nitrogens with one attached hydrogen (secondary N) is 1. The second-order valence-corrected chi connectivity index (χ2v) is 4.33. The van der Waals surface area contributed by atoms with Crippen LogP contribution in [-0.4, -0.2) is 21.4 Å². The molecule has 0 aromatic carbocycles. The average Bonchev–Trinajstić information content (AvgIpc) is 1.38. The largest absolute Gasteiger partial charge is 0.401 e. The summed E-state index contributed by atoms with van der Waals surface area (Å²) >= 11 is -0.400. The van der Waals surface area contributed by atoms with Crippen molar-refractivity contribution >= 4 is 14.4 Å². The smallest absolute Gasteiger partial charge is 0.362 e. The molecular formula is C3H10AlN. The van der Waals surface area contributed by atoms with Gasteiger partial charge in [-0.25, -0.2) is 0 Å². The van der Waals surface area contributed by atoms with Gasteiger partial charge >= 0.3 is 14.4 Å². The predicted molar refractivity (Wildman–Crippen MR) is 26.5 cm³/mol. The monoisotopic (exact) mass is 87.1 g/mol. The second kappa shape index (κ2) is 2.72. The average molecular weight is 87.1 g/mol. The molecule has 1 N–H and O–H groups in total. The van der Waals surface area contributed by atoms with Crippen LogP contribution in [0, 0.1) is 0 Å². The molecule has 0 atom stereocenters. The zero-order valence-electron chi connectivity index (χ0n) is 4.08. The lowest BCUT2D eigenvalue weighted by Gasteiger charge is -1.86. The summed E-state index contributed by atoms with van der Waals surface area (Å²) in [5.74, 6) is 4.50. The van der Waals surface area contributed by atoms with Crippen LogP contribution in [0.25, 0.3) is 0 Å². The van der Waals surface area contributed by atoms with Gasteiger partial charge in [-0.1, -0.05) is 11.6 Å². The minimum Gasteiger partial charge on any atom is -0.401 e. The molecule has 0 rings (SSSR count). The molecule has 0 unspecified atom stereocenters. The first kappa shape index (κ1) is 5.49. The van der Waals surface area contributed by atoms with Crippen molar-refractivity contribution in [2.45, 2.75) is 11.6 Å². The van der Waals surface area contributed by atoms with Crippen LogP contribution in [-0.2, 0) is 0 Å². The van der Waals surface area contributed by atoms with Gasteiger partial charge in [-0.15, -0.1) is 0 Å². The quantitative estimate of drug-likeness (QED) is 0.458. The highest BCUT2D eigenvalue weighted by molar-refractivity contribution is 6.52. The minimum absolute atomic E-state index is 0.400. The molecule has 2 heteroatoms. The first-order valence-corrected chi connectivity index (χ1v) is 4.83. The Morgan fingerprint density at radius 3 is 1.60 bits per heavy atom. The van der Waals surface area contributed by atoms with Crippen molar-refractivity contribution in [3.05, 3.63) is 0 Å². The highest BCUT2D eigenvalue weighted by Crippen LogP contribution is 1.62. The summed E-state index contributed by atoms with van der Waals surface area (Å²) in [5, 5.41) is 0. The lowest BCUT2D eigenvalue weighted by Crippen LogP contribution is -2.21. The lowest BCUT2D eigenvalue weighted by molar-refractivity contribution is 1.21. The zero-order valence-corrected chi connectivity index (χ0v) is 5.23. The van der Waals surface area contributed by atoms with Crippen LogP contribution in [0.4, 0.5) is 0 Å². The summed E-state index contributed by atoms with van der Waals surface area (Å²) in [4.78, 5) is 0. The first-order chi connectivity index (χ1) is 2.27. The lowest BCUT2D eigenvalue weighted by atomic mass is 11.6. The summed E-state index contributed by atoms with van der Waals surface area (Å²) in [5.41, 5.74) is 0. The van der Waals surface area contributed by atoms with Crippen LogP contribution in [0.1, 0.15) is 0 Å². The molecule has 0 heterocycles. The molecule has 0 bridgehead atoms. The normalized spacial score (nSPS) is 7.80. The van der Waals surface area contributed by atoms with Crippen molar-refractivity contribution in [1.29, 1.82) is 0 Å². The Morgan fingerprint density at radius 2 is 1.60 bits per heavy atom. The number of hydrogen-bond acceptors (Lipinski definition) is 1. The van der Waals surface area contributed by atoms with E-state index in [9.17, 15) is 0 Å². The summed E-state index contributed by atoms with van der Waals surface area (Å²) in [6.07, 6.45) is 0. The van der Waals surface area contributed by atoms with E-state index in [1.165, 1.54) is 0 Å². The van der Waals surface area contributed by atoms with E-state index in [2.05, 4.69) is 15.9 Å². The number of rotatable bonds is 1. The Balaban J connectivity index is 2.54. The van der Waals surface area contributed by atoms with E-state index in [1.54, 1.807) is 0 Å². The SMILES string of the molecule is C[NH][Al]([CH3])[CH3]. The Kier molecular flexibility index (Phi) is 2.98. The van der Waals surface area contributed by atoms with E-state index < -0.39 is 14.4 Å². The maximum Gasteiger partial charge on any atom is 0.362 e. The Bertz CT molecular complexity index is 20.9. The van der Waals surface area contributed by atoms with Crippen LogP contribution in [0.15, 0.2) is 0 Å². The summed E-state index contributed by atoms with van der Waals surface area (Å²) in [7, 11) is 2.01. The fraction of sp³-hybridized carbons (Fsp3) is 1.00. The maximum atomic E-state index is 3.17. The van der Waals surface area contributed by atoms with Gasteiger partial charge < -0.3 is 4.30 Å². The second-order valence-electron chi connectivity index (χ2n) is 1.44. The maximum absolute atomic E-state index is 3.17. The van der Waals surface area contributed by atoms with E-state index in [4.69, 9.17) is 0 Å². The molecule has 1 nitrogen and oxygen atoms in total. The molecule has 30 valence electrons. The van der Waals surface area contributed by atoms with Gasteiger partial charge in [0.2, 0.25) is 0 Å². The van der Waals surface area contributed by atoms with E-state index in [0.717, 1.165) is 0 Å². The zero-order chi connectivity index (χ0) is 4.28. The molecule has 0 saturated carbocycles. The van der Waals surface area contributed by atoms with Gasteiger partial charge in [-0.05, 0) is 7.05 Å². The number of hydrogen-bond donors (Lipinski definition) is 1. The van der Waals surface area contributed by atoms with Gasteiger partial charge in [0.25, 0.3) is 0 Å². The predicted octanol–water partition coefficient (Wildman–Crippen LogP) is 0.457. The third-order valence-corrected chi connectivity index (χ3v) is 1.73. The van der Waals surface area contributed by atoms with Crippen LogP contribution >= 0.6 is 0 Å². The molecule has 0 aromatic rings. The fourth-order valence-electron chi connectivity index (χ4n) is 0. The van der Waals surface area contributed by atoms with Crippen LogP contribution in [0.5, 0.6) is 0 Å². The van der Waals surface area contributed by atoms with E-state index in [0.29, 0.717) is 0 Å². The van der Waals surface area contributed by atoms with Gasteiger partial charge in [0.05, 0.1) is 0 Å². The Labute approximate surface area is 38.0 Å². The topological polar surface area (TPSA) is 12.0 Å².